The van der Waals surface area contributed by atoms with Crippen LogP contribution in [0, 0.1) is 25.2 Å². The fraction of sp³-hybridized carbons (Fsp3) is 0.286. The molecule has 0 aliphatic carbocycles. The first-order valence-electron chi connectivity index (χ1n) is 5.83. The summed E-state index contributed by atoms with van der Waals surface area (Å²) >= 11 is 0. The van der Waals surface area contributed by atoms with Crippen molar-refractivity contribution < 1.29 is 0 Å². The van der Waals surface area contributed by atoms with Crippen LogP contribution in [0.25, 0.3) is 0 Å². The maximum absolute atomic E-state index is 8.97. The van der Waals surface area contributed by atoms with Crippen molar-refractivity contribution in [1.29, 1.82) is 5.26 Å². The summed E-state index contributed by atoms with van der Waals surface area (Å²) in [7, 11) is 1.91. The lowest BCUT2D eigenvalue weighted by Gasteiger charge is -2.06. The van der Waals surface area contributed by atoms with Crippen LogP contribution in [0.1, 0.15) is 22.6 Å². The van der Waals surface area contributed by atoms with Crippen molar-refractivity contribution in [2.75, 3.05) is 5.32 Å². The number of hydrogen-bond acceptors (Lipinski definition) is 3. The van der Waals surface area contributed by atoms with Crippen LogP contribution in [0.15, 0.2) is 24.4 Å². The van der Waals surface area contributed by atoms with Crippen LogP contribution in [0.2, 0.25) is 0 Å². The van der Waals surface area contributed by atoms with Gasteiger partial charge in [0.15, 0.2) is 0 Å². The van der Waals surface area contributed by atoms with Gasteiger partial charge in [0.25, 0.3) is 0 Å². The molecule has 0 aromatic carbocycles. The first-order valence-corrected chi connectivity index (χ1v) is 5.83. The number of nitrogens with zero attached hydrogens (tertiary/aromatic N) is 3. The van der Waals surface area contributed by atoms with E-state index in [9.17, 15) is 0 Å². The molecule has 0 atom stereocenters. The van der Waals surface area contributed by atoms with Gasteiger partial charge in [-0.3, -0.25) is 4.98 Å². The van der Waals surface area contributed by atoms with Crippen LogP contribution in [0.5, 0.6) is 0 Å². The highest BCUT2D eigenvalue weighted by Gasteiger charge is 2.08. The van der Waals surface area contributed by atoms with Crippen molar-refractivity contribution in [3.63, 3.8) is 0 Å². The Morgan fingerprint density at radius 3 is 2.72 bits per heavy atom. The minimum atomic E-state index is 0.686. The SMILES string of the molecule is Cc1ccc(NCc2cc(C#N)n(C)c2C)cn1. The van der Waals surface area contributed by atoms with Crippen LogP contribution in [-0.4, -0.2) is 9.55 Å². The van der Waals surface area contributed by atoms with Crippen molar-refractivity contribution in [3.8, 4) is 6.07 Å². The Bertz CT molecular complexity index is 587. The molecule has 0 radical (unpaired) electrons. The van der Waals surface area contributed by atoms with Crippen molar-refractivity contribution >= 4 is 5.69 Å². The molecule has 0 saturated heterocycles. The lowest BCUT2D eigenvalue weighted by atomic mass is 10.2. The summed E-state index contributed by atoms with van der Waals surface area (Å²) in [5.74, 6) is 0. The zero-order valence-corrected chi connectivity index (χ0v) is 10.9. The summed E-state index contributed by atoms with van der Waals surface area (Å²) < 4.78 is 1.91. The fourth-order valence-electron chi connectivity index (χ4n) is 1.82. The van der Waals surface area contributed by atoms with Gasteiger partial charge in [0.1, 0.15) is 11.8 Å². The van der Waals surface area contributed by atoms with Gasteiger partial charge in [-0.15, -0.1) is 0 Å². The number of rotatable bonds is 3. The zero-order valence-electron chi connectivity index (χ0n) is 10.9. The molecule has 18 heavy (non-hydrogen) atoms. The molecule has 4 nitrogen and oxygen atoms in total. The van der Waals surface area contributed by atoms with Crippen molar-refractivity contribution in [3.05, 3.63) is 47.0 Å². The van der Waals surface area contributed by atoms with Gasteiger partial charge >= 0.3 is 0 Å². The Hall–Kier alpha value is -2.28. The van der Waals surface area contributed by atoms with E-state index in [1.54, 1.807) is 0 Å². The van der Waals surface area contributed by atoms with Crippen molar-refractivity contribution in [2.45, 2.75) is 20.4 Å². The van der Waals surface area contributed by atoms with E-state index < -0.39 is 0 Å². The smallest absolute Gasteiger partial charge is 0.120 e. The number of aromatic nitrogens is 2. The van der Waals surface area contributed by atoms with E-state index in [1.807, 2.05) is 49.9 Å². The number of anilines is 1. The first-order chi connectivity index (χ1) is 8.61. The number of hydrogen-bond donors (Lipinski definition) is 1. The first kappa shape index (κ1) is 12.2. The lowest BCUT2D eigenvalue weighted by molar-refractivity contribution is 0.856. The van der Waals surface area contributed by atoms with Crippen LogP contribution in [-0.2, 0) is 13.6 Å². The summed E-state index contributed by atoms with van der Waals surface area (Å²) in [6.07, 6.45) is 1.82. The van der Waals surface area contributed by atoms with Crippen LogP contribution in [0.3, 0.4) is 0 Å². The second kappa shape index (κ2) is 4.92. The highest BCUT2D eigenvalue weighted by molar-refractivity contribution is 5.43. The highest BCUT2D eigenvalue weighted by atomic mass is 15.0. The largest absolute Gasteiger partial charge is 0.380 e. The summed E-state index contributed by atoms with van der Waals surface area (Å²) in [5, 5.41) is 12.3. The average molecular weight is 240 g/mol. The lowest BCUT2D eigenvalue weighted by Crippen LogP contribution is -2.01. The van der Waals surface area contributed by atoms with Crippen LogP contribution >= 0.6 is 0 Å². The molecule has 0 spiro atoms. The predicted molar refractivity (Wildman–Crippen MR) is 71.2 cm³/mol. The molecule has 0 bridgehead atoms. The monoisotopic (exact) mass is 240 g/mol. The van der Waals surface area contributed by atoms with Gasteiger partial charge in [-0.25, -0.2) is 0 Å². The average Bonchev–Trinajstić information content (AvgIpc) is 2.65. The van der Waals surface area contributed by atoms with Gasteiger partial charge in [-0.2, -0.15) is 5.26 Å². The molecule has 2 aromatic heterocycles. The Kier molecular flexibility index (Phi) is 3.33. The molecule has 0 fully saturated rings. The number of aryl methyl sites for hydroxylation is 1. The molecule has 0 unspecified atom stereocenters. The second-order valence-corrected chi connectivity index (χ2v) is 4.35. The summed E-state index contributed by atoms with van der Waals surface area (Å²) in [6, 6.07) is 8.08. The van der Waals surface area contributed by atoms with Gasteiger partial charge in [0.2, 0.25) is 0 Å². The van der Waals surface area contributed by atoms with Crippen molar-refractivity contribution in [2.24, 2.45) is 7.05 Å². The van der Waals surface area contributed by atoms with Gasteiger partial charge in [0.05, 0.1) is 11.9 Å². The molecule has 1 N–H and O–H groups in total. The molecule has 0 saturated carbocycles. The topological polar surface area (TPSA) is 53.6 Å². The standard InChI is InChI=1S/C14H16N4/c1-10-4-5-13(9-16-10)17-8-12-6-14(7-15)18(3)11(12)2/h4-6,9,17H,8H2,1-3H3. The normalized spacial score (nSPS) is 10.1. The molecular formula is C14H16N4. The number of pyridine rings is 1. The molecule has 2 heterocycles. The third-order valence-electron chi connectivity index (χ3n) is 3.15. The predicted octanol–water partition coefficient (Wildman–Crippen LogP) is 2.52. The Morgan fingerprint density at radius 2 is 2.17 bits per heavy atom. The maximum atomic E-state index is 8.97. The highest BCUT2D eigenvalue weighted by Crippen LogP contribution is 2.15. The van der Waals surface area contributed by atoms with E-state index in [2.05, 4.69) is 16.4 Å². The van der Waals surface area contributed by atoms with E-state index in [4.69, 9.17) is 5.26 Å². The molecule has 0 aliphatic heterocycles. The van der Waals surface area contributed by atoms with Gasteiger partial charge in [-0.05, 0) is 37.6 Å². The van der Waals surface area contributed by atoms with Gasteiger partial charge < -0.3 is 9.88 Å². The third-order valence-corrected chi connectivity index (χ3v) is 3.15. The summed E-state index contributed by atoms with van der Waals surface area (Å²) in [6.45, 7) is 4.68. The minimum absolute atomic E-state index is 0.686. The Morgan fingerprint density at radius 1 is 1.39 bits per heavy atom. The van der Waals surface area contributed by atoms with Gasteiger partial charge in [0, 0.05) is 25.0 Å². The maximum Gasteiger partial charge on any atom is 0.120 e. The van der Waals surface area contributed by atoms with E-state index in [-0.39, 0.29) is 0 Å². The molecule has 4 heteroatoms. The quantitative estimate of drug-likeness (QED) is 0.896. The Labute approximate surface area is 107 Å². The molecule has 2 aromatic rings. The van der Waals surface area contributed by atoms with Crippen LogP contribution < -0.4 is 5.32 Å². The minimum Gasteiger partial charge on any atom is -0.380 e. The van der Waals surface area contributed by atoms with E-state index in [0.29, 0.717) is 12.2 Å². The van der Waals surface area contributed by atoms with E-state index >= 15 is 0 Å². The fourth-order valence-corrected chi connectivity index (χ4v) is 1.82. The zero-order chi connectivity index (χ0) is 13.1. The van der Waals surface area contributed by atoms with Crippen LogP contribution in [0.4, 0.5) is 5.69 Å². The number of nitrogens with one attached hydrogen (secondary N) is 1. The molecule has 2 rings (SSSR count). The van der Waals surface area contributed by atoms with E-state index in [1.165, 1.54) is 0 Å². The van der Waals surface area contributed by atoms with Gasteiger partial charge in [-0.1, -0.05) is 0 Å². The molecule has 0 aliphatic rings. The van der Waals surface area contributed by atoms with Crippen molar-refractivity contribution in [1.82, 2.24) is 9.55 Å². The molecule has 92 valence electrons. The third kappa shape index (κ3) is 2.35. The molecule has 0 amide bonds. The number of nitriles is 1. The second-order valence-electron chi connectivity index (χ2n) is 4.35. The molecular weight excluding hydrogens is 224 g/mol. The summed E-state index contributed by atoms with van der Waals surface area (Å²) in [5.41, 5.74) is 4.92. The summed E-state index contributed by atoms with van der Waals surface area (Å²) in [4.78, 5) is 4.23. The van der Waals surface area contributed by atoms with E-state index in [0.717, 1.165) is 22.6 Å². The Balaban J connectivity index is 2.11.